The first-order valence-electron chi connectivity index (χ1n) is 8.85. The van der Waals surface area contributed by atoms with Gasteiger partial charge in [-0.2, -0.15) is 5.10 Å². The van der Waals surface area contributed by atoms with Gasteiger partial charge < -0.3 is 15.0 Å². The van der Waals surface area contributed by atoms with E-state index in [0.717, 1.165) is 5.69 Å². The lowest BCUT2D eigenvalue weighted by Crippen LogP contribution is -2.28. The summed E-state index contributed by atoms with van der Waals surface area (Å²) in [5.74, 6) is -0.0848. The third-order valence-corrected chi connectivity index (χ3v) is 4.69. The number of nitrogens with zero attached hydrogens (tertiary/aromatic N) is 4. The van der Waals surface area contributed by atoms with Gasteiger partial charge in [0.2, 0.25) is 11.8 Å². The number of ether oxygens (including phenoxy) is 1. The number of hydrogen-bond acceptors (Lipinski definition) is 5. The summed E-state index contributed by atoms with van der Waals surface area (Å²) in [5, 5.41) is 6.95. The molecule has 0 spiro atoms. The number of carbonyl (C=O) groups is 2. The number of rotatable bonds is 5. The molecule has 2 amide bonds. The van der Waals surface area contributed by atoms with E-state index in [9.17, 15) is 9.59 Å². The average Bonchev–Trinajstić information content (AvgIpc) is 3.38. The van der Waals surface area contributed by atoms with Gasteiger partial charge in [-0.3, -0.25) is 9.59 Å². The first-order valence-corrected chi connectivity index (χ1v) is 8.85. The number of amides is 2. The normalized spacial score (nSPS) is 16.2. The van der Waals surface area contributed by atoms with Crippen LogP contribution in [0.3, 0.4) is 0 Å². The second kappa shape index (κ2) is 7.51. The second-order valence-electron chi connectivity index (χ2n) is 6.45. The van der Waals surface area contributed by atoms with Gasteiger partial charge in [-0.15, -0.1) is 0 Å². The van der Waals surface area contributed by atoms with Crippen LogP contribution in [0, 0.1) is 5.92 Å². The number of para-hydroxylation sites is 2. The van der Waals surface area contributed by atoms with E-state index in [0.29, 0.717) is 23.7 Å². The minimum Gasteiger partial charge on any atom is -0.495 e. The van der Waals surface area contributed by atoms with Crippen molar-refractivity contribution in [1.29, 1.82) is 0 Å². The molecule has 4 rings (SSSR count). The van der Waals surface area contributed by atoms with E-state index in [-0.39, 0.29) is 18.2 Å². The molecule has 8 heteroatoms. The van der Waals surface area contributed by atoms with Crippen molar-refractivity contribution in [2.24, 2.45) is 5.92 Å². The molecule has 8 nitrogen and oxygen atoms in total. The molecule has 28 heavy (non-hydrogen) atoms. The van der Waals surface area contributed by atoms with Gasteiger partial charge in [0.15, 0.2) is 0 Å². The van der Waals surface area contributed by atoms with Gasteiger partial charge in [0.25, 0.3) is 0 Å². The average molecular weight is 377 g/mol. The molecule has 3 aromatic rings. The topological polar surface area (TPSA) is 89.3 Å². The molecule has 1 unspecified atom stereocenters. The van der Waals surface area contributed by atoms with Gasteiger partial charge in [0, 0.05) is 18.7 Å². The lowest BCUT2D eigenvalue weighted by molar-refractivity contribution is -0.122. The Bertz CT molecular complexity index is 985. The molecule has 1 saturated heterocycles. The molecular formula is C20H19N5O3. The highest BCUT2D eigenvalue weighted by molar-refractivity contribution is 6.04. The quantitative estimate of drug-likeness (QED) is 0.737. The summed E-state index contributed by atoms with van der Waals surface area (Å²) < 4.78 is 6.96. The third kappa shape index (κ3) is 3.44. The Hall–Kier alpha value is -3.68. The van der Waals surface area contributed by atoms with Crippen molar-refractivity contribution in [1.82, 2.24) is 14.8 Å². The fourth-order valence-corrected chi connectivity index (χ4v) is 3.25. The van der Waals surface area contributed by atoms with E-state index in [2.05, 4.69) is 15.4 Å². The van der Waals surface area contributed by atoms with Crippen molar-refractivity contribution in [2.45, 2.75) is 6.42 Å². The van der Waals surface area contributed by atoms with Crippen LogP contribution in [0.4, 0.5) is 11.4 Å². The van der Waals surface area contributed by atoms with E-state index in [1.165, 1.54) is 6.33 Å². The smallest absolute Gasteiger partial charge is 0.229 e. The fraction of sp³-hybridized carbons (Fsp3) is 0.200. The van der Waals surface area contributed by atoms with Crippen LogP contribution in [-0.2, 0) is 9.59 Å². The molecule has 1 N–H and O–H groups in total. The zero-order valence-electron chi connectivity index (χ0n) is 15.3. The zero-order chi connectivity index (χ0) is 19.5. The Morgan fingerprint density at radius 1 is 1.18 bits per heavy atom. The van der Waals surface area contributed by atoms with Crippen LogP contribution in [0.5, 0.6) is 5.75 Å². The fourth-order valence-electron chi connectivity index (χ4n) is 3.25. The van der Waals surface area contributed by atoms with E-state index >= 15 is 0 Å². The molecule has 2 aromatic carbocycles. The molecular weight excluding hydrogens is 358 g/mol. The van der Waals surface area contributed by atoms with Crippen LogP contribution in [0.2, 0.25) is 0 Å². The summed E-state index contributed by atoms with van der Waals surface area (Å²) in [4.78, 5) is 30.6. The first kappa shape index (κ1) is 17.7. The summed E-state index contributed by atoms with van der Waals surface area (Å²) in [6.07, 6.45) is 3.23. The molecule has 0 saturated carbocycles. The van der Waals surface area contributed by atoms with Gasteiger partial charge in [0.1, 0.15) is 18.4 Å². The lowest BCUT2D eigenvalue weighted by atomic mass is 10.1. The predicted octanol–water partition coefficient (Wildman–Crippen LogP) is 2.27. The SMILES string of the molecule is COc1ccccc1N1CC(C(=O)Nc2ccc(-n3cncn3)cc2)CC1=O. The summed E-state index contributed by atoms with van der Waals surface area (Å²) in [7, 11) is 1.56. The van der Waals surface area contributed by atoms with Crippen molar-refractivity contribution in [3.8, 4) is 11.4 Å². The van der Waals surface area contributed by atoms with E-state index in [1.807, 2.05) is 30.3 Å². The molecule has 2 heterocycles. The Morgan fingerprint density at radius 3 is 2.68 bits per heavy atom. The summed E-state index contributed by atoms with van der Waals surface area (Å²) >= 11 is 0. The van der Waals surface area contributed by atoms with Gasteiger partial charge in [-0.25, -0.2) is 9.67 Å². The molecule has 1 atom stereocenters. The van der Waals surface area contributed by atoms with Gasteiger partial charge in [0.05, 0.1) is 24.4 Å². The van der Waals surface area contributed by atoms with Crippen LogP contribution in [0.25, 0.3) is 5.69 Å². The maximum Gasteiger partial charge on any atom is 0.229 e. The molecule has 1 aromatic heterocycles. The van der Waals surface area contributed by atoms with Crippen molar-refractivity contribution < 1.29 is 14.3 Å². The van der Waals surface area contributed by atoms with Crippen LogP contribution < -0.4 is 15.0 Å². The minimum absolute atomic E-state index is 0.0915. The Labute approximate surface area is 161 Å². The number of anilines is 2. The Kier molecular flexibility index (Phi) is 4.76. The van der Waals surface area contributed by atoms with Crippen molar-refractivity contribution >= 4 is 23.2 Å². The number of methoxy groups -OCH3 is 1. The molecule has 0 aliphatic carbocycles. The van der Waals surface area contributed by atoms with Gasteiger partial charge in [-0.05, 0) is 36.4 Å². The highest BCUT2D eigenvalue weighted by atomic mass is 16.5. The molecule has 0 bridgehead atoms. The van der Waals surface area contributed by atoms with E-state index in [4.69, 9.17) is 4.74 Å². The van der Waals surface area contributed by atoms with Crippen LogP contribution >= 0.6 is 0 Å². The van der Waals surface area contributed by atoms with Gasteiger partial charge >= 0.3 is 0 Å². The largest absolute Gasteiger partial charge is 0.495 e. The monoisotopic (exact) mass is 377 g/mol. The molecule has 1 aliphatic heterocycles. The number of carbonyl (C=O) groups excluding carboxylic acids is 2. The van der Waals surface area contributed by atoms with Crippen molar-refractivity contribution in [3.63, 3.8) is 0 Å². The Balaban J connectivity index is 1.44. The van der Waals surface area contributed by atoms with Crippen LogP contribution in [0.15, 0.2) is 61.2 Å². The summed E-state index contributed by atoms with van der Waals surface area (Å²) in [6, 6.07) is 14.6. The Morgan fingerprint density at radius 2 is 1.96 bits per heavy atom. The highest BCUT2D eigenvalue weighted by Crippen LogP contribution is 2.33. The molecule has 142 valence electrons. The number of hydrogen-bond donors (Lipinski definition) is 1. The molecule has 1 aliphatic rings. The standard InChI is InChI=1S/C20H19N5O3/c1-28-18-5-3-2-4-17(18)24-11-14(10-19(24)26)20(27)23-15-6-8-16(9-7-15)25-13-21-12-22-25/h2-9,12-14H,10-11H2,1H3,(H,23,27). The van der Waals surface area contributed by atoms with Crippen molar-refractivity contribution in [3.05, 3.63) is 61.2 Å². The number of aromatic nitrogens is 3. The maximum atomic E-state index is 12.7. The molecule has 1 fully saturated rings. The summed E-state index contributed by atoms with van der Waals surface area (Å²) in [5.41, 5.74) is 2.19. The number of benzene rings is 2. The highest BCUT2D eigenvalue weighted by Gasteiger charge is 2.36. The maximum absolute atomic E-state index is 12.7. The second-order valence-corrected chi connectivity index (χ2v) is 6.45. The minimum atomic E-state index is -0.424. The zero-order valence-corrected chi connectivity index (χ0v) is 15.3. The third-order valence-electron chi connectivity index (χ3n) is 4.69. The summed E-state index contributed by atoms with van der Waals surface area (Å²) in [6.45, 7) is 0.322. The number of nitrogens with one attached hydrogen (secondary N) is 1. The molecule has 0 radical (unpaired) electrons. The first-order chi connectivity index (χ1) is 13.7. The van der Waals surface area contributed by atoms with Crippen molar-refractivity contribution in [2.75, 3.05) is 23.9 Å². The van der Waals surface area contributed by atoms with Gasteiger partial charge in [-0.1, -0.05) is 12.1 Å². The van der Waals surface area contributed by atoms with Crippen LogP contribution in [-0.4, -0.2) is 40.2 Å². The lowest BCUT2D eigenvalue weighted by Gasteiger charge is -2.19. The predicted molar refractivity (Wildman–Crippen MR) is 103 cm³/mol. The van der Waals surface area contributed by atoms with E-state index < -0.39 is 5.92 Å². The van der Waals surface area contributed by atoms with Crippen LogP contribution in [0.1, 0.15) is 6.42 Å². The van der Waals surface area contributed by atoms with E-state index in [1.54, 1.807) is 41.2 Å².